The minimum Gasteiger partial charge on any atom is -0.372 e. The van der Waals surface area contributed by atoms with Crippen LogP contribution in [0.3, 0.4) is 0 Å². The molecule has 0 aliphatic heterocycles. The Kier molecular flexibility index (Phi) is 5.27. The van der Waals surface area contributed by atoms with E-state index < -0.39 is 14.9 Å². The zero-order valence-electron chi connectivity index (χ0n) is 11.0. The summed E-state index contributed by atoms with van der Waals surface area (Å²) in [4.78, 5) is 10.3. The number of hydrogen-bond donors (Lipinski definition) is 1. The predicted octanol–water partition coefficient (Wildman–Crippen LogP) is 2.12. The Bertz CT molecular complexity index is 553. The Balaban J connectivity index is 3.21. The Morgan fingerprint density at radius 1 is 1.47 bits per heavy atom. The van der Waals surface area contributed by atoms with E-state index in [1.54, 1.807) is 6.92 Å². The normalized spacial score (nSPS) is 11.8. The average Bonchev–Trinajstić information content (AvgIpc) is 2.74. The van der Waals surface area contributed by atoms with E-state index in [0.29, 0.717) is 19.5 Å². The van der Waals surface area contributed by atoms with Gasteiger partial charge in [0.15, 0.2) is 5.00 Å². The summed E-state index contributed by atoms with van der Waals surface area (Å²) >= 11 is 0.891. The third kappa shape index (κ3) is 3.43. The van der Waals surface area contributed by atoms with Crippen LogP contribution in [-0.2, 0) is 10.0 Å². The summed E-state index contributed by atoms with van der Waals surface area (Å²) < 4.78 is 25.6. The van der Waals surface area contributed by atoms with Crippen LogP contribution in [0, 0.1) is 10.1 Å². The second kappa shape index (κ2) is 6.31. The van der Waals surface area contributed by atoms with Gasteiger partial charge >= 0.3 is 5.69 Å². The summed E-state index contributed by atoms with van der Waals surface area (Å²) in [6.45, 7) is 4.53. The summed E-state index contributed by atoms with van der Waals surface area (Å²) in [6.07, 6.45) is 0.684. The lowest BCUT2D eigenvalue weighted by Crippen LogP contribution is -2.26. The molecule has 108 valence electrons. The number of nitro groups is 1. The fourth-order valence-electron chi connectivity index (χ4n) is 1.50. The van der Waals surface area contributed by atoms with Gasteiger partial charge in [0.25, 0.3) is 10.0 Å². The van der Waals surface area contributed by atoms with Gasteiger partial charge in [0.05, 0.1) is 4.92 Å². The third-order valence-electron chi connectivity index (χ3n) is 2.43. The first kappa shape index (κ1) is 15.9. The largest absolute Gasteiger partial charge is 0.372 e. The van der Waals surface area contributed by atoms with E-state index in [4.69, 9.17) is 0 Å². The lowest BCUT2D eigenvalue weighted by molar-refractivity contribution is -0.383. The molecular formula is C10H17N3O4S2. The van der Waals surface area contributed by atoms with Crippen LogP contribution in [0.15, 0.2) is 10.3 Å². The molecule has 0 amide bonds. The SMILES string of the molecule is CCCN(C)S(=O)(=O)c1cc([N+](=O)[O-])c(NCC)s1. The van der Waals surface area contributed by atoms with Gasteiger partial charge in [0.1, 0.15) is 4.21 Å². The maximum Gasteiger partial charge on any atom is 0.304 e. The van der Waals surface area contributed by atoms with Gasteiger partial charge in [-0.05, 0) is 13.3 Å². The molecule has 1 heterocycles. The molecule has 1 N–H and O–H groups in total. The molecule has 0 spiro atoms. The molecule has 0 atom stereocenters. The quantitative estimate of drug-likeness (QED) is 0.615. The van der Waals surface area contributed by atoms with Crippen LogP contribution >= 0.6 is 11.3 Å². The highest BCUT2D eigenvalue weighted by atomic mass is 32.2. The first-order valence-electron chi connectivity index (χ1n) is 5.83. The van der Waals surface area contributed by atoms with Crippen molar-refractivity contribution < 1.29 is 13.3 Å². The van der Waals surface area contributed by atoms with Gasteiger partial charge in [0.2, 0.25) is 0 Å². The first-order chi connectivity index (χ1) is 8.84. The maximum atomic E-state index is 12.2. The minimum atomic E-state index is -3.65. The summed E-state index contributed by atoms with van der Waals surface area (Å²) in [5.41, 5.74) is -0.199. The number of nitrogens with one attached hydrogen (secondary N) is 1. The Morgan fingerprint density at radius 3 is 2.58 bits per heavy atom. The molecule has 0 unspecified atom stereocenters. The zero-order valence-corrected chi connectivity index (χ0v) is 12.7. The fourth-order valence-corrected chi connectivity index (χ4v) is 4.37. The summed E-state index contributed by atoms with van der Waals surface area (Å²) in [5, 5.41) is 14.0. The van der Waals surface area contributed by atoms with Crippen molar-refractivity contribution in [3.8, 4) is 0 Å². The topological polar surface area (TPSA) is 92.5 Å². The Hall–Kier alpha value is -1.19. The molecule has 0 saturated carbocycles. The average molecular weight is 307 g/mol. The van der Waals surface area contributed by atoms with Gasteiger partial charge in [-0.1, -0.05) is 18.3 Å². The molecule has 19 heavy (non-hydrogen) atoms. The molecule has 0 radical (unpaired) electrons. The van der Waals surface area contributed by atoms with Crippen molar-refractivity contribution in [1.82, 2.24) is 4.31 Å². The number of anilines is 1. The van der Waals surface area contributed by atoms with Crippen molar-refractivity contribution in [3.05, 3.63) is 16.2 Å². The lowest BCUT2D eigenvalue weighted by atomic mass is 10.5. The van der Waals surface area contributed by atoms with Gasteiger partial charge in [-0.3, -0.25) is 10.1 Å². The van der Waals surface area contributed by atoms with E-state index in [0.717, 1.165) is 17.4 Å². The number of sulfonamides is 1. The van der Waals surface area contributed by atoms with Gasteiger partial charge in [-0.25, -0.2) is 12.7 Å². The molecule has 0 saturated heterocycles. The number of rotatable bonds is 7. The van der Waals surface area contributed by atoms with Crippen LogP contribution in [0.1, 0.15) is 20.3 Å². The molecule has 0 fully saturated rings. The standard InChI is InChI=1S/C10H17N3O4S2/c1-4-6-12(3)19(16,17)9-7-8(13(14)15)10(18-9)11-5-2/h7,11H,4-6H2,1-3H3. The number of thiophene rings is 1. The van der Waals surface area contributed by atoms with Crippen molar-refractivity contribution in [2.24, 2.45) is 0 Å². The lowest BCUT2D eigenvalue weighted by Gasteiger charge is -2.14. The molecule has 1 aromatic heterocycles. The highest BCUT2D eigenvalue weighted by Gasteiger charge is 2.28. The Morgan fingerprint density at radius 2 is 2.11 bits per heavy atom. The van der Waals surface area contributed by atoms with Crippen molar-refractivity contribution in [1.29, 1.82) is 0 Å². The van der Waals surface area contributed by atoms with E-state index in [2.05, 4.69) is 5.32 Å². The number of nitrogens with zero attached hydrogens (tertiary/aromatic N) is 2. The molecule has 0 aromatic carbocycles. The molecule has 9 heteroatoms. The molecule has 0 aliphatic rings. The summed E-state index contributed by atoms with van der Waals surface area (Å²) in [6, 6.07) is 1.12. The van der Waals surface area contributed by atoms with Crippen molar-refractivity contribution >= 4 is 32.0 Å². The van der Waals surface area contributed by atoms with Crippen molar-refractivity contribution in [3.63, 3.8) is 0 Å². The number of hydrogen-bond acceptors (Lipinski definition) is 6. The molecule has 1 rings (SSSR count). The van der Waals surface area contributed by atoms with Gasteiger partial charge < -0.3 is 5.32 Å². The fraction of sp³-hybridized carbons (Fsp3) is 0.600. The van der Waals surface area contributed by atoms with E-state index in [-0.39, 0.29) is 14.9 Å². The molecule has 0 bridgehead atoms. The van der Waals surface area contributed by atoms with Crippen LogP contribution in [0.5, 0.6) is 0 Å². The monoisotopic (exact) mass is 307 g/mol. The molecular weight excluding hydrogens is 290 g/mol. The van der Waals surface area contributed by atoms with Crippen LogP contribution < -0.4 is 5.32 Å². The zero-order chi connectivity index (χ0) is 14.6. The van der Waals surface area contributed by atoms with Gasteiger partial charge in [0, 0.05) is 26.2 Å². The highest BCUT2D eigenvalue weighted by Crippen LogP contribution is 2.37. The molecule has 7 nitrogen and oxygen atoms in total. The third-order valence-corrected chi connectivity index (χ3v) is 5.81. The smallest absolute Gasteiger partial charge is 0.304 e. The van der Waals surface area contributed by atoms with E-state index in [9.17, 15) is 18.5 Å². The van der Waals surface area contributed by atoms with E-state index >= 15 is 0 Å². The predicted molar refractivity (Wildman–Crippen MR) is 75.2 cm³/mol. The van der Waals surface area contributed by atoms with E-state index in [1.165, 1.54) is 11.4 Å². The highest BCUT2D eigenvalue weighted by molar-refractivity contribution is 7.91. The van der Waals surface area contributed by atoms with Crippen LogP contribution in [0.25, 0.3) is 0 Å². The second-order valence-corrected chi connectivity index (χ2v) is 7.22. The Labute approximate surface area is 116 Å². The summed E-state index contributed by atoms with van der Waals surface area (Å²) in [7, 11) is -2.18. The van der Waals surface area contributed by atoms with Crippen LogP contribution in [-0.4, -0.2) is 37.8 Å². The molecule has 1 aromatic rings. The molecule has 0 aliphatic carbocycles. The first-order valence-corrected chi connectivity index (χ1v) is 8.08. The van der Waals surface area contributed by atoms with E-state index in [1.807, 2.05) is 6.92 Å². The van der Waals surface area contributed by atoms with Crippen LogP contribution in [0.4, 0.5) is 10.7 Å². The minimum absolute atomic E-state index is 0.00824. The van der Waals surface area contributed by atoms with Crippen molar-refractivity contribution in [2.75, 3.05) is 25.5 Å². The summed E-state index contributed by atoms with van der Waals surface area (Å²) in [5.74, 6) is 0. The van der Waals surface area contributed by atoms with Crippen LogP contribution in [0.2, 0.25) is 0 Å². The maximum absolute atomic E-state index is 12.2. The van der Waals surface area contributed by atoms with Gasteiger partial charge in [-0.15, -0.1) is 0 Å². The second-order valence-electron chi connectivity index (χ2n) is 3.89. The van der Waals surface area contributed by atoms with Gasteiger partial charge in [-0.2, -0.15) is 0 Å². The van der Waals surface area contributed by atoms with Crippen molar-refractivity contribution in [2.45, 2.75) is 24.5 Å².